The van der Waals surface area contributed by atoms with Crippen molar-refractivity contribution < 1.29 is 13.5 Å². The summed E-state index contributed by atoms with van der Waals surface area (Å²) < 4.78 is 24.4. The first-order valence-corrected chi connectivity index (χ1v) is 8.69. The molecule has 21 heavy (non-hydrogen) atoms. The predicted molar refractivity (Wildman–Crippen MR) is 84.9 cm³/mol. The summed E-state index contributed by atoms with van der Waals surface area (Å²) in [6.45, 7) is 0. The number of aliphatic hydroxyl groups excluding tert-OH is 1. The van der Waals surface area contributed by atoms with Gasteiger partial charge in [0.25, 0.3) is 0 Å². The quantitative estimate of drug-likeness (QED) is 0.885. The van der Waals surface area contributed by atoms with Crippen LogP contribution in [-0.2, 0) is 9.84 Å². The molecule has 112 valence electrons. The van der Waals surface area contributed by atoms with Gasteiger partial charge in [-0.2, -0.15) is 0 Å². The molecule has 0 aliphatic carbocycles. The molecule has 0 fully saturated rings. The van der Waals surface area contributed by atoms with Gasteiger partial charge < -0.3 is 5.11 Å². The minimum absolute atomic E-state index is 0.103. The van der Waals surface area contributed by atoms with Crippen LogP contribution < -0.4 is 0 Å². The second-order valence-electron chi connectivity index (χ2n) is 4.42. The molecule has 0 radical (unpaired) electrons. The summed E-state index contributed by atoms with van der Waals surface area (Å²) in [7, 11) is -3.63. The van der Waals surface area contributed by atoms with Crippen LogP contribution in [0.1, 0.15) is 11.7 Å². The summed E-state index contributed by atoms with van der Waals surface area (Å²) in [6.07, 6.45) is -1.19. The van der Waals surface area contributed by atoms with E-state index in [1.165, 1.54) is 42.5 Å². The first kappa shape index (κ1) is 16.6. The van der Waals surface area contributed by atoms with Crippen molar-refractivity contribution >= 4 is 44.6 Å². The lowest BCUT2D eigenvalue weighted by molar-refractivity contribution is 0.201. The summed E-state index contributed by atoms with van der Waals surface area (Å²) >= 11 is 17.4. The molecular weight excluding hydrogens is 355 g/mol. The first-order valence-electron chi connectivity index (χ1n) is 5.91. The lowest BCUT2D eigenvalue weighted by Crippen LogP contribution is -2.14. The van der Waals surface area contributed by atoms with Crippen molar-refractivity contribution in [3.63, 3.8) is 0 Å². The van der Waals surface area contributed by atoms with Crippen LogP contribution in [0.2, 0.25) is 15.1 Å². The highest BCUT2D eigenvalue weighted by Gasteiger charge is 2.21. The minimum atomic E-state index is -3.63. The van der Waals surface area contributed by atoms with E-state index in [9.17, 15) is 13.5 Å². The third-order valence-electron chi connectivity index (χ3n) is 2.88. The van der Waals surface area contributed by atoms with E-state index >= 15 is 0 Å². The van der Waals surface area contributed by atoms with Gasteiger partial charge in [0.1, 0.15) is 0 Å². The molecule has 0 bridgehead atoms. The molecule has 0 spiro atoms. The highest BCUT2D eigenvalue weighted by Crippen LogP contribution is 2.27. The summed E-state index contributed by atoms with van der Waals surface area (Å²) in [5, 5.41) is 11.1. The second kappa shape index (κ2) is 6.55. The fourth-order valence-electron chi connectivity index (χ4n) is 1.76. The van der Waals surface area contributed by atoms with Crippen molar-refractivity contribution in [2.45, 2.75) is 11.0 Å². The molecule has 1 unspecified atom stereocenters. The van der Waals surface area contributed by atoms with Crippen LogP contribution in [0.5, 0.6) is 0 Å². The summed E-state index contributed by atoms with van der Waals surface area (Å²) in [4.78, 5) is 0.103. The van der Waals surface area contributed by atoms with Crippen LogP contribution in [-0.4, -0.2) is 19.3 Å². The maximum absolute atomic E-state index is 12.2. The molecule has 1 N–H and O–H groups in total. The van der Waals surface area contributed by atoms with E-state index in [1.54, 1.807) is 0 Å². The number of rotatable bonds is 4. The molecule has 0 aromatic heterocycles. The molecule has 1 atom stereocenters. The molecule has 0 saturated carbocycles. The van der Waals surface area contributed by atoms with Crippen LogP contribution in [0.15, 0.2) is 47.4 Å². The van der Waals surface area contributed by atoms with Gasteiger partial charge in [-0.25, -0.2) is 8.42 Å². The fraction of sp³-hybridized carbons (Fsp3) is 0.143. The van der Waals surface area contributed by atoms with E-state index < -0.39 is 21.7 Å². The molecule has 0 saturated heterocycles. The third-order valence-corrected chi connectivity index (χ3v) is 5.61. The summed E-state index contributed by atoms with van der Waals surface area (Å²) in [6, 6.07) is 10.3. The van der Waals surface area contributed by atoms with Gasteiger partial charge in [0.2, 0.25) is 0 Å². The van der Waals surface area contributed by atoms with Crippen LogP contribution in [0, 0.1) is 0 Å². The highest BCUT2D eigenvalue weighted by atomic mass is 35.5. The van der Waals surface area contributed by atoms with E-state index in [-0.39, 0.29) is 9.92 Å². The van der Waals surface area contributed by atoms with Crippen molar-refractivity contribution in [1.29, 1.82) is 0 Å². The zero-order valence-electron chi connectivity index (χ0n) is 10.6. The Morgan fingerprint density at radius 2 is 1.57 bits per heavy atom. The van der Waals surface area contributed by atoms with Crippen LogP contribution in [0.4, 0.5) is 0 Å². The molecule has 0 amide bonds. The van der Waals surface area contributed by atoms with E-state index in [4.69, 9.17) is 34.8 Å². The number of hydrogen-bond donors (Lipinski definition) is 1. The number of halogens is 3. The second-order valence-corrected chi connectivity index (χ2v) is 7.71. The maximum atomic E-state index is 12.2. The Kier molecular flexibility index (Phi) is 5.17. The number of hydrogen-bond acceptors (Lipinski definition) is 3. The van der Waals surface area contributed by atoms with E-state index in [0.717, 1.165) is 0 Å². The lowest BCUT2D eigenvalue weighted by atomic mass is 10.1. The van der Waals surface area contributed by atoms with Crippen molar-refractivity contribution in [2.24, 2.45) is 0 Å². The normalized spacial score (nSPS) is 13.1. The van der Waals surface area contributed by atoms with Crippen molar-refractivity contribution in [3.05, 3.63) is 63.1 Å². The Morgan fingerprint density at radius 1 is 0.952 bits per heavy atom. The zero-order valence-corrected chi connectivity index (χ0v) is 13.7. The highest BCUT2D eigenvalue weighted by molar-refractivity contribution is 7.91. The number of benzene rings is 2. The third kappa shape index (κ3) is 4.11. The molecule has 2 aromatic carbocycles. The van der Waals surface area contributed by atoms with Gasteiger partial charge in [0, 0.05) is 5.02 Å². The molecule has 2 aromatic rings. The van der Waals surface area contributed by atoms with E-state index in [0.29, 0.717) is 15.6 Å². The van der Waals surface area contributed by atoms with Gasteiger partial charge >= 0.3 is 0 Å². The standard InChI is InChI=1S/C14H11Cl3O3S/c15-10-2-4-11(5-3-10)21(19,20)8-14(18)9-1-6-12(16)13(17)7-9/h1-7,14,18H,8H2. The largest absolute Gasteiger partial charge is 0.387 e. The molecular formula is C14H11Cl3O3S. The van der Waals surface area contributed by atoms with Gasteiger partial charge in [0.15, 0.2) is 9.84 Å². The first-order chi connectivity index (χ1) is 9.79. The van der Waals surface area contributed by atoms with Crippen LogP contribution in [0.25, 0.3) is 0 Å². The zero-order chi connectivity index (χ0) is 15.6. The maximum Gasteiger partial charge on any atom is 0.181 e. The monoisotopic (exact) mass is 364 g/mol. The van der Waals surface area contributed by atoms with Gasteiger partial charge in [-0.3, -0.25) is 0 Å². The van der Waals surface area contributed by atoms with Gasteiger partial charge in [-0.1, -0.05) is 40.9 Å². The van der Waals surface area contributed by atoms with Crippen molar-refractivity contribution in [1.82, 2.24) is 0 Å². The average molecular weight is 366 g/mol. The van der Waals surface area contributed by atoms with E-state index in [2.05, 4.69) is 0 Å². The average Bonchev–Trinajstić information content (AvgIpc) is 2.41. The molecule has 0 aliphatic heterocycles. The van der Waals surface area contributed by atoms with E-state index in [1.807, 2.05) is 0 Å². The summed E-state index contributed by atoms with van der Waals surface area (Å²) in [5.74, 6) is -0.452. The van der Waals surface area contributed by atoms with Crippen molar-refractivity contribution in [3.8, 4) is 0 Å². The number of aliphatic hydroxyl groups is 1. The fourth-order valence-corrected chi connectivity index (χ4v) is 3.55. The molecule has 0 aliphatic rings. The Labute approximate surface area is 138 Å². The van der Waals surface area contributed by atoms with Gasteiger partial charge in [-0.05, 0) is 42.0 Å². The Morgan fingerprint density at radius 3 is 2.14 bits per heavy atom. The SMILES string of the molecule is O=S(=O)(CC(O)c1ccc(Cl)c(Cl)c1)c1ccc(Cl)cc1. The Bertz CT molecular complexity index is 743. The van der Waals surface area contributed by atoms with Crippen LogP contribution >= 0.6 is 34.8 Å². The topological polar surface area (TPSA) is 54.4 Å². The molecule has 3 nitrogen and oxygen atoms in total. The molecule has 7 heteroatoms. The smallest absolute Gasteiger partial charge is 0.181 e. The molecule has 0 heterocycles. The Hall–Kier alpha value is -0.780. The number of sulfone groups is 1. The molecule has 2 rings (SSSR count). The van der Waals surface area contributed by atoms with Crippen LogP contribution in [0.3, 0.4) is 0 Å². The minimum Gasteiger partial charge on any atom is -0.387 e. The van der Waals surface area contributed by atoms with Gasteiger partial charge in [-0.15, -0.1) is 0 Å². The predicted octanol–water partition coefficient (Wildman–Crippen LogP) is 4.15. The Balaban J connectivity index is 2.23. The van der Waals surface area contributed by atoms with Gasteiger partial charge in [0.05, 0.1) is 26.8 Å². The van der Waals surface area contributed by atoms with Crippen molar-refractivity contribution in [2.75, 3.05) is 5.75 Å². The lowest BCUT2D eigenvalue weighted by Gasteiger charge is -2.12. The summed E-state index contributed by atoms with van der Waals surface area (Å²) in [5.41, 5.74) is 0.391.